The number of amides is 1. The molecule has 0 fully saturated rings. The van der Waals surface area contributed by atoms with Crippen LogP contribution in [0.25, 0.3) is 11.1 Å². The molecule has 0 aliphatic carbocycles. The van der Waals surface area contributed by atoms with E-state index in [4.69, 9.17) is 20.4 Å². The Labute approximate surface area is 158 Å². The second-order valence-electron chi connectivity index (χ2n) is 6.10. The number of hydrogen-bond acceptors (Lipinski definition) is 4. The molecule has 0 aliphatic rings. The van der Waals surface area contributed by atoms with Gasteiger partial charge in [0.2, 0.25) is 5.91 Å². The van der Waals surface area contributed by atoms with Crippen LogP contribution in [0.15, 0.2) is 74.5 Å². The van der Waals surface area contributed by atoms with Crippen LogP contribution in [-0.2, 0) is 11.2 Å². The number of halogens is 1. The summed E-state index contributed by atoms with van der Waals surface area (Å²) < 4.78 is 10.4. The Bertz CT molecular complexity index is 1130. The van der Waals surface area contributed by atoms with Crippen LogP contribution in [0, 0.1) is 0 Å². The van der Waals surface area contributed by atoms with Gasteiger partial charge in [0.05, 0.1) is 17.7 Å². The third-order valence-electron chi connectivity index (χ3n) is 4.26. The first-order valence-corrected chi connectivity index (χ1v) is 8.68. The van der Waals surface area contributed by atoms with E-state index in [9.17, 15) is 9.59 Å². The normalized spacial score (nSPS) is 12.2. The lowest BCUT2D eigenvalue weighted by molar-refractivity contribution is -0.117. The van der Waals surface area contributed by atoms with Gasteiger partial charge in [0.1, 0.15) is 5.76 Å². The van der Waals surface area contributed by atoms with Crippen LogP contribution in [0.2, 0.25) is 5.02 Å². The van der Waals surface area contributed by atoms with Gasteiger partial charge in [0, 0.05) is 17.1 Å². The molecule has 0 spiro atoms. The zero-order chi connectivity index (χ0) is 18.8. The summed E-state index contributed by atoms with van der Waals surface area (Å²) in [6, 6.07) is 15.7. The van der Waals surface area contributed by atoms with E-state index in [1.165, 1.54) is 0 Å². The first kappa shape index (κ1) is 17.2. The van der Waals surface area contributed by atoms with Crippen LogP contribution in [0.3, 0.4) is 0 Å². The zero-order valence-electron chi connectivity index (χ0n) is 14.1. The molecule has 6 nitrogen and oxygen atoms in total. The number of aromatic nitrogens is 1. The van der Waals surface area contributed by atoms with Gasteiger partial charge in [-0.25, -0.2) is 4.79 Å². The average molecular weight is 383 g/mol. The molecule has 4 rings (SSSR count). The highest BCUT2D eigenvalue weighted by molar-refractivity contribution is 6.30. The maximum absolute atomic E-state index is 13.0. The zero-order valence-corrected chi connectivity index (χ0v) is 14.8. The molecule has 2 aromatic carbocycles. The molecule has 2 N–H and O–H groups in total. The molecule has 1 atom stereocenters. The number of H-pyrrole nitrogens is 1. The largest absolute Gasteiger partial charge is 0.469 e. The van der Waals surface area contributed by atoms with Crippen LogP contribution in [-0.4, -0.2) is 10.9 Å². The SMILES string of the molecule is O=C(Nc1ccc2oc(=O)[nH]c2c1)C(Cc1ccco1)c1ccc(Cl)cc1. The minimum absolute atomic E-state index is 0.195. The van der Waals surface area contributed by atoms with Crippen molar-refractivity contribution in [3.8, 4) is 0 Å². The van der Waals surface area contributed by atoms with Crippen LogP contribution in [0.1, 0.15) is 17.2 Å². The average Bonchev–Trinajstić information content (AvgIpc) is 3.28. The summed E-state index contributed by atoms with van der Waals surface area (Å²) in [5.41, 5.74) is 2.34. The molecular weight excluding hydrogens is 368 g/mol. The molecule has 2 aromatic heterocycles. The Kier molecular flexibility index (Phi) is 4.56. The number of furan rings is 1. The first-order valence-electron chi connectivity index (χ1n) is 8.30. The fourth-order valence-electron chi connectivity index (χ4n) is 2.95. The van der Waals surface area contributed by atoms with Crippen molar-refractivity contribution in [1.29, 1.82) is 0 Å². The van der Waals surface area contributed by atoms with Crippen molar-refractivity contribution in [3.63, 3.8) is 0 Å². The lowest BCUT2D eigenvalue weighted by atomic mass is 9.93. The fraction of sp³-hybridized carbons (Fsp3) is 0.100. The van der Waals surface area contributed by atoms with Crippen molar-refractivity contribution in [3.05, 3.63) is 87.8 Å². The quantitative estimate of drug-likeness (QED) is 0.537. The van der Waals surface area contributed by atoms with Crippen LogP contribution >= 0.6 is 11.6 Å². The predicted molar refractivity (Wildman–Crippen MR) is 102 cm³/mol. The molecule has 0 saturated carbocycles. The van der Waals surface area contributed by atoms with Gasteiger partial charge in [-0.15, -0.1) is 0 Å². The van der Waals surface area contributed by atoms with Crippen LogP contribution < -0.4 is 11.1 Å². The third kappa shape index (κ3) is 3.80. The first-order chi connectivity index (χ1) is 13.1. The fourth-order valence-corrected chi connectivity index (χ4v) is 3.07. The third-order valence-corrected chi connectivity index (χ3v) is 4.51. The van der Waals surface area contributed by atoms with Crippen molar-refractivity contribution in [2.45, 2.75) is 12.3 Å². The summed E-state index contributed by atoms with van der Waals surface area (Å²) in [5.74, 6) is -0.489. The number of anilines is 1. The molecule has 136 valence electrons. The number of rotatable bonds is 5. The van der Waals surface area contributed by atoms with E-state index in [0.717, 1.165) is 5.56 Å². The van der Waals surface area contributed by atoms with Gasteiger partial charge in [-0.05, 0) is 48.0 Å². The number of aromatic amines is 1. The Morgan fingerprint density at radius 2 is 1.96 bits per heavy atom. The number of fused-ring (bicyclic) bond motifs is 1. The van der Waals surface area contributed by atoms with E-state index in [2.05, 4.69) is 10.3 Å². The van der Waals surface area contributed by atoms with E-state index >= 15 is 0 Å². The molecule has 7 heteroatoms. The van der Waals surface area contributed by atoms with Crippen molar-refractivity contribution >= 4 is 34.3 Å². The minimum atomic E-state index is -0.537. The van der Waals surface area contributed by atoms with E-state index in [1.54, 1.807) is 42.7 Å². The maximum atomic E-state index is 13.0. The smallest absolute Gasteiger partial charge is 0.417 e. The topological polar surface area (TPSA) is 88.2 Å². The number of hydrogen-bond donors (Lipinski definition) is 2. The summed E-state index contributed by atoms with van der Waals surface area (Å²) in [6.07, 6.45) is 1.99. The highest BCUT2D eigenvalue weighted by Gasteiger charge is 2.23. The van der Waals surface area contributed by atoms with Crippen LogP contribution in [0.5, 0.6) is 0 Å². The maximum Gasteiger partial charge on any atom is 0.417 e. The second-order valence-corrected chi connectivity index (χ2v) is 6.54. The number of benzene rings is 2. The second kappa shape index (κ2) is 7.17. The number of oxazole rings is 1. The van der Waals surface area contributed by atoms with Crippen molar-refractivity contribution in [2.75, 3.05) is 5.32 Å². The summed E-state index contributed by atoms with van der Waals surface area (Å²) in [7, 11) is 0. The molecule has 4 aromatic rings. The minimum Gasteiger partial charge on any atom is -0.469 e. The van der Waals surface area contributed by atoms with E-state index in [1.807, 2.05) is 18.2 Å². The Balaban J connectivity index is 1.62. The van der Waals surface area contributed by atoms with Gasteiger partial charge in [0.25, 0.3) is 0 Å². The Hall–Kier alpha value is -3.25. The summed E-state index contributed by atoms with van der Waals surface area (Å²) in [4.78, 5) is 26.8. The molecule has 0 bridgehead atoms. The molecule has 27 heavy (non-hydrogen) atoms. The van der Waals surface area contributed by atoms with Crippen molar-refractivity contribution in [1.82, 2.24) is 4.98 Å². The van der Waals surface area contributed by atoms with Crippen LogP contribution in [0.4, 0.5) is 5.69 Å². The van der Waals surface area contributed by atoms with Gasteiger partial charge < -0.3 is 14.2 Å². The summed E-state index contributed by atoms with van der Waals surface area (Å²) in [6.45, 7) is 0. The van der Waals surface area contributed by atoms with E-state index in [0.29, 0.717) is 34.0 Å². The molecule has 0 saturated heterocycles. The Morgan fingerprint density at radius 3 is 2.70 bits per heavy atom. The lowest BCUT2D eigenvalue weighted by Crippen LogP contribution is -2.23. The highest BCUT2D eigenvalue weighted by Crippen LogP contribution is 2.25. The molecule has 1 amide bonds. The molecule has 0 aliphatic heterocycles. The number of carbonyl (C=O) groups is 1. The molecular formula is C20H15ClN2O4. The van der Waals surface area contributed by atoms with E-state index in [-0.39, 0.29) is 5.91 Å². The molecule has 2 heterocycles. The van der Waals surface area contributed by atoms with Gasteiger partial charge in [-0.3, -0.25) is 9.78 Å². The standard InChI is InChI=1S/C20H15ClN2O4/c21-13-5-3-12(4-6-13)16(11-15-2-1-9-26-15)19(24)22-14-7-8-18-17(10-14)23-20(25)27-18/h1-10,16H,11H2,(H,22,24)(H,23,25). The number of nitrogens with one attached hydrogen (secondary N) is 2. The van der Waals surface area contributed by atoms with Gasteiger partial charge in [-0.2, -0.15) is 0 Å². The van der Waals surface area contributed by atoms with Gasteiger partial charge >= 0.3 is 5.76 Å². The Morgan fingerprint density at radius 1 is 1.15 bits per heavy atom. The van der Waals surface area contributed by atoms with Crippen molar-refractivity contribution < 1.29 is 13.6 Å². The summed E-state index contributed by atoms with van der Waals surface area (Å²) >= 11 is 5.97. The van der Waals surface area contributed by atoms with Gasteiger partial charge in [-0.1, -0.05) is 23.7 Å². The number of carbonyl (C=O) groups excluding carboxylic acids is 1. The monoisotopic (exact) mass is 382 g/mol. The summed E-state index contributed by atoms with van der Waals surface area (Å²) in [5, 5.41) is 3.49. The highest BCUT2D eigenvalue weighted by atomic mass is 35.5. The van der Waals surface area contributed by atoms with E-state index < -0.39 is 11.7 Å². The molecule has 0 radical (unpaired) electrons. The van der Waals surface area contributed by atoms with Crippen molar-refractivity contribution in [2.24, 2.45) is 0 Å². The van der Waals surface area contributed by atoms with Gasteiger partial charge in [0.15, 0.2) is 5.58 Å². The lowest BCUT2D eigenvalue weighted by Gasteiger charge is -2.16. The molecule has 1 unspecified atom stereocenters. The predicted octanol–water partition coefficient (Wildman–Crippen LogP) is 4.33.